The molecular formula is C21H27FO. The van der Waals surface area contributed by atoms with Gasteiger partial charge in [-0.15, -0.1) is 0 Å². The molecule has 2 rings (SSSR count). The second kappa shape index (κ2) is 8.29. The lowest BCUT2D eigenvalue weighted by Gasteiger charge is -2.25. The monoisotopic (exact) mass is 314 g/mol. The Labute approximate surface area is 139 Å². The van der Waals surface area contributed by atoms with E-state index < -0.39 is 0 Å². The smallest absolute Gasteiger partial charge is 0.162 e. The van der Waals surface area contributed by atoms with Gasteiger partial charge in [0.15, 0.2) is 5.78 Å². The van der Waals surface area contributed by atoms with Crippen molar-refractivity contribution in [3.8, 4) is 11.8 Å². The topological polar surface area (TPSA) is 17.1 Å². The molecule has 0 bridgehead atoms. The third kappa shape index (κ3) is 4.44. The Morgan fingerprint density at radius 2 is 1.91 bits per heavy atom. The zero-order chi connectivity index (χ0) is 16.8. The van der Waals surface area contributed by atoms with Gasteiger partial charge in [-0.2, -0.15) is 0 Å². The highest BCUT2D eigenvalue weighted by molar-refractivity contribution is 5.97. The van der Waals surface area contributed by atoms with Gasteiger partial charge >= 0.3 is 0 Å². The van der Waals surface area contributed by atoms with E-state index in [-0.39, 0.29) is 11.6 Å². The van der Waals surface area contributed by atoms with Crippen molar-refractivity contribution in [3.63, 3.8) is 0 Å². The van der Waals surface area contributed by atoms with Gasteiger partial charge in [0, 0.05) is 17.9 Å². The highest BCUT2D eigenvalue weighted by Crippen LogP contribution is 2.31. The zero-order valence-electron chi connectivity index (χ0n) is 14.5. The number of carbonyl (C=O) groups excluding carboxylic acids is 1. The summed E-state index contributed by atoms with van der Waals surface area (Å²) in [7, 11) is 0. The van der Waals surface area contributed by atoms with Crippen LogP contribution in [0.1, 0.15) is 80.3 Å². The van der Waals surface area contributed by atoms with Crippen LogP contribution in [0.3, 0.4) is 0 Å². The summed E-state index contributed by atoms with van der Waals surface area (Å²) >= 11 is 0. The molecule has 1 aromatic rings. The zero-order valence-corrected chi connectivity index (χ0v) is 14.5. The van der Waals surface area contributed by atoms with E-state index in [1.165, 1.54) is 25.7 Å². The Morgan fingerprint density at radius 3 is 2.52 bits per heavy atom. The number of ketones is 1. The van der Waals surface area contributed by atoms with Gasteiger partial charge in [0.2, 0.25) is 0 Å². The second-order valence-electron chi connectivity index (χ2n) is 6.65. The van der Waals surface area contributed by atoms with Gasteiger partial charge in [-0.1, -0.05) is 38.5 Å². The van der Waals surface area contributed by atoms with Crippen LogP contribution in [0.4, 0.5) is 4.39 Å². The van der Waals surface area contributed by atoms with Crippen LogP contribution < -0.4 is 0 Å². The number of halogens is 1. The van der Waals surface area contributed by atoms with Gasteiger partial charge < -0.3 is 0 Å². The Kier molecular flexibility index (Phi) is 6.39. The summed E-state index contributed by atoms with van der Waals surface area (Å²) in [6, 6.07) is 3.37. The summed E-state index contributed by atoms with van der Waals surface area (Å²) in [5.41, 5.74) is 1.33. The maximum atomic E-state index is 14.4. The lowest BCUT2D eigenvalue weighted by Crippen LogP contribution is -2.13. The normalized spacial score (nSPS) is 20.7. The molecule has 1 saturated carbocycles. The Balaban J connectivity index is 2.07. The highest BCUT2D eigenvalue weighted by Gasteiger charge is 2.19. The highest BCUT2D eigenvalue weighted by atomic mass is 19.1. The molecule has 1 aromatic carbocycles. The summed E-state index contributed by atoms with van der Waals surface area (Å²) in [5.74, 6) is 7.17. The Bertz CT molecular complexity index is 613. The minimum absolute atomic E-state index is 0.0184. The fraction of sp³-hybridized carbons (Fsp3) is 0.571. The molecule has 1 aliphatic rings. The third-order valence-corrected chi connectivity index (χ3v) is 4.96. The van der Waals surface area contributed by atoms with Crippen molar-refractivity contribution < 1.29 is 9.18 Å². The number of hydrogen-bond acceptors (Lipinski definition) is 1. The van der Waals surface area contributed by atoms with E-state index in [0.717, 1.165) is 18.8 Å². The standard InChI is InChI=1S/C21H27FO/c1-4-6-16-7-9-17(10-8-16)11-12-18-13-14-19(20(23)5-2)15(3)21(18)22/h13-14,16-17H,4-10H2,1-3H3. The van der Waals surface area contributed by atoms with Gasteiger partial charge in [0.25, 0.3) is 0 Å². The van der Waals surface area contributed by atoms with Gasteiger partial charge in [-0.3, -0.25) is 4.79 Å². The first-order valence-corrected chi connectivity index (χ1v) is 8.90. The van der Waals surface area contributed by atoms with E-state index in [2.05, 4.69) is 18.8 Å². The molecule has 0 unspecified atom stereocenters. The van der Waals surface area contributed by atoms with Crippen LogP contribution in [0.5, 0.6) is 0 Å². The fourth-order valence-electron chi connectivity index (χ4n) is 3.46. The van der Waals surface area contributed by atoms with Crippen LogP contribution in [0.15, 0.2) is 12.1 Å². The predicted molar refractivity (Wildman–Crippen MR) is 93.0 cm³/mol. The molecule has 2 heteroatoms. The minimum Gasteiger partial charge on any atom is -0.294 e. The van der Waals surface area contributed by atoms with E-state index in [4.69, 9.17) is 0 Å². The number of rotatable bonds is 4. The average molecular weight is 314 g/mol. The van der Waals surface area contributed by atoms with Crippen LogP contribution in [0.25, 0.3) is 0 Å². The molecule has 0 spiro atoms. The number of Topliss-reactive ketones (excluding diaryl/α,β-unsaturated/α-hetero) is 1. The lowest BCUT2D eigenvalue weighted by atomic mass is 9.80. The van der Waals surface area contributed by atoms with Gasteiger partial charge in [0.1, 0.15) is 5.82 Å². The van der Waals surface area contributed by atoms with Gasteiger partial charge in [-0.05, 0) is 56.2 Å². The van der Waals surface area contributed by atoms with Crippen molar-refractivity contribution in [3.05, 3.63) is 34.6 Å². The molecular weight excluding hydrogens is 287 g/mol. The van der Waals surface area contributed by atoms with E-state index in [9.17, 15) is 9.18 Å². The molecule has 0 aromatic heterocycles. The predicted octanol–water partition coefficient (Wildman–Crippen LogP) is 5.68. The molecule has 0 aliphatic heterocycles. The summed E-state index contributed by atoms with van der Waals surface area (Å²) in [6.45, 7) is 5.70. The first-order chi connectivity index (χ1) is 11.1. The van der Waals surface area contributed by atoms with Crippen molar-refractivity contribution in [2.75, 3.05) is 0 Å². The quantitative estimate of drug-likeness (QED) is 0.516. The van der Waals surface area contributed by atoms with Gasteiger partial charge in [-0.25, -0.2) is 4.39 Å². The molecule has 1 fully saturated rings. The van der Waals surface area contributed by atoms with Crippen LogP contribution in [0, 0.1) is 36.4 Å². The molecule has 23 heavy (non-hydrogen) atoms. The molecule has 1 aliphatic carbocycles. The largest absolute Gasteiger partial charge is 0.294 e. The Morgan fingerprint density at radius 1 is 1.22 bits per heavy atom. The maximum absolute atomic E-state index is 14.4. The average Bonchev–Trinajstić information content (AvgIpc) is 2.57. The van der Waals surface area contributed by atoms with E-state index in [0.29, 0.717) is 29.0 Å². The van der Waals surface area contributed by atoms with Gasteiger partial charge in [0.05, 0.1) is 5.56 Å². The maximum Gasteiger partial charge on any atom is 0.162 e. The molecule has 0 amide bonds. The van der Waals surface area contributed by atoms with Crippen molar-refractivity contribution in [1.29, 1.82) is 0 Å². The van der Waals surface area contributed by atoms with Crippen LogP contribution in [-0.4, -0.2) is 5.78 Å². The van der Waals surface area contributed by atoms with E-state index in [1.807, 2.05) is 0 Å². The molecule has 0 atom stereocenters. The minimum atomic E-state index is -0.337. The van der Waals surface area contributed by atoms with Crippen molar-refractivity contribution in [1.82, 2.24) is 0 Å². The lowest BCUT2D eigenvalue weighted by molar-refractivity contribution is 0.0987. The van der Waals surface area contributed by atoms with E-state index >= 15 is 0 Å². The summed E-state index contributed by atoms with van der Waals surface area (Å²) < 4.78 is 14.4. The molecule has 1 nitrogen and oxygen atoms in total. The SMILES string of the molecule is CCCC1CCC(C#Cc2ccc(C(=O)CC)c(C)c2F)CC1. The molecule has 0 saturated heterocycles. The number of hydrogen-bond donors (Lipinski definition) is 0. The van der Waals surface area contributed by atoms with Crippen LogP contribution >= 0.6 is 0 Å². The number of benzene rings is 1. The molecule has 124 valence electrons. The molecule has 0 heterocycles. The van der Waals surface area contributed by atoms with Crippen LogP contribution in [-0.2, 0) is 0 Å². The number of carbonyl (C=O) groups is 1. The summed E-state index contributed by atoms with van der Waals surface area (Å²) in [4.78, 5) is 11.8. The summed E-state index contributed by atoms with van der Waals surface area (Å²) in [5, 5.41) is 0. The van der Waals surface area contributed by atoms with Crippen molar-refractivity contribution >= 4 is 5.78 Å². The summed E-state index contributed by atoms with van der Waals surface area (Å²) in [6.07, 6.45) is 7.73. The van der Waals surface area contributed by atoms with E-state index in [1.54, 1.807) is 26.0 Å². The second-order valence-corrected chi connectivity index (χ2v) is 6.65. The first kappa shape index (κ1) is 17.7. The van der Waals surface area contributed by atoms with Crippen molar-refractivity contribution in [2.24, 2.45) is 11.8 Å². The molecule has 0 N–H and O–H groups in total. The van der Waals surface area contributed by atoms with Crippen LogP contribution in [0.2, 0.25) is 0 Å². The fourth-order valence-corrected chi connectivity index (χ4v) is 3.46. The first-order valence-electron chi connectivity index (χ1n) is 8.90. The molecule has 0 radical (unpaired) electrons. The third-order valence-electron chi connectivity index (χ3n) is 4.96. The Hall–Kier alpha value is -1.62. The van der Waals surface area contributed by atoms with Crippen molar-refractivity contribution in [2.45, 2.75) is 65.7 Å².